The third-order valence-electron chi connectivity index (χ3n) is 6.76. The summed E-state index contributed by atoms with van der Waals surface area (Å²) in [6, 6.07) is 16.4. The first kappa shape index (κ1) is 32.0. The Morgan fingerprint density at radius 3 is 2.07 bits per heavy atom. The van der Waals surface area contributed by atoms with Crippen molar-refractivity contribution in [2.24, 2.45) is 11.3 Å². The van der Waals surface area contributed by atoms with Crippen molar-refractivity contribution < 1.29 is 24.2 Å². The Bertz CT molecular complexity index is 1390. The molecule has 0 aliphatic heterocycles. The standard InChI is InChI=1S/C32H36Cl2N2O5/c1-18(2)28(29(37)32(3,4)5)36-25-17-20(12-15-26(25)41-6)22(31(39)40)16-19-10-13-21(14-11-19)35-30(38)27-23(33)8-7-9-24(27)34/h7-15,17-18,22,28,36H,16H2,1-6H3,(H,35,38)(H,39,40)/t22-,28?/m1/s1. The molecule has 0 aliphatic carbocycles. The van der Waals surface area contributed by atoms with Crippen molar-refractivity contribution >= 4 is 52.2 Å². The first-order valence-corrected chi connectivity index (χ1v) is 14.0. The summed E-state index contributed by atoms with van der Waals surface area (Å²) in [5.74, 6) is -1.72. The average Bonchev–Trinajstić information content (AvgIpc) is 2.89. The number of hydrogen-bond acceptors (Lipinski definition) is 5. The number of Topliss-reactive ketones (excluding diaryl/α,β-unsaturated/α-hetero) is 1. The van der Waals surface area contributed by atoms with Crippen LogP contribution in [0.5, 0.6) is 5.75 Å². The molecular weight excluding hydrogens is 563 g/mol. The van der Waals surface area contributed by atoms with E-state index >= 15 is 0 Å². The number of amides is 1. The molecule has 0 aromatic heterocycles. The van der Waals surface area contributed by atoms with Crippen molar-refractivity contribution in [2.45, 2.75) is 53.0 Å². The summed E-state index contributed by atoms with van der Waals surface area (Å²) in [5.41, 5.74) is 2.03. The van der Waals surface area contributed by atoms with Gasteiger partial charge in [-0.15, -0.1) is 0 Å². The lowest BCUT2D eigenvalue weighted by Gasteiger charge is -2.29. The monoisotopic (exact) mass is 598 g/mol. The molecule has 0 aliphatic rings. The van der Waals surface area contributed by atoms with Crippen molar-refractivity contribution in [2.75, 3.05) is 17.7 Å². The van der Waals surface area contributed by atoms with Crippen molar-refractivity contribution in [3.05, 3.63) is 87.4 Å². The van der Waals surface area contributed by atoms with E-state index in [4.69, 9.17) is 27.9 Å². The fourth-order valence-corrected chi connectivity index (χ4v) is 5.01. The Labute approximate surface area is 251 Å². The molecule has 218 valence electrons. The second-order valence-corrected chi connectivity index (χ2v) is 12.1. The molecule has 1 unspecified atom stereocenters. The number of ether oxygens (including phenoxy) is 1. The van der Waals surface area contributed by atoms with Crippen LogP contribution in [0.25, 0.3) is 0 Å². The number of benzene rings is 3. The van der Waals surface area contributed by atoms with Crippen LogP contribution in [0.1, 0.15) is 62.0 Å². The highest BCUT2D eigenvalue weighted by atomic mass is 35.5. The quantitative estimate of drug-likeness (QED) is 0.209. The topological polar surface area (TPSA) is 105 Å². The molecule has 0 saturated heterocycles. The molecule has 2 atom stereocenters. The summed E-state index contributed by atoms with van der Waals surface area (Å²) < 4.78 is 5.52. The molecule has 0 fully saturated rings. The second-order valence-electron chi connectivity index (χ2n) is 11.3. The van der Waals surface area contributed by atoms with Gasteiger partial charge in [-0.05, 0) is 59.9 Å². The highest BCUT2D eigenvalue weighted by molar-refractivity contribution is 6.40. The van der Waals surface area contributed by atoms with Gasteiger partial charge in [0.15, 0.2) is 5.78 Å². The molecule has 0 bridgehead atoms. The summed E-state index contributed by atoms with van der Waals surface area (Å²) in [6.45, 7) is 9.56. The smallest absolute Gasteiger partial charge is 0.311 e. The molecule has 0 heterocycles. The van der Waals surface area contributed by atoms with Gasteiger partial charge in [-0.1, -0.05) is 82.1 Å². The number of carbonyl (C=O) groups is 3. The maximum atomic E-state index is 13.1. The van der Waals surface area contributed by atoms with E-state index in [1.54, 1.807) is 60.7 Å². The largest absolute Gasteiger partial charge is 0.495 e. The van der Waals surface area contributed by atoms with Gasteiger partial charge in [-0.3, -0.25) is 14.4 Å². The number of halogens is 2. The van der Waals surface area contributed by atoms with Crippen molar-refractivity contribution in [3.8, 4) is 5.75 Å². The van der Waals surface area contributed by atoms with Crippen molar-refractivity contribution in [1.29, 1.82) is 0 Å². The molecule has 3 aromatic carbocycles. The van der Waals surface area contributed by atoms with Crippen LogP contribution < -0.4 is 15.4 Å². The second kappa shape index (κ2) is 13.4. The van der Waals surface area contributed by atoms with Gasteiger partial charge in [0.1, 0.15) is 5.75 Å². The summed E-state index contributed by atoms with van der Waals surface area (Å²) >= 11 is 12.3. The first-order valence-electron chi connectivity index (χ1n) is 13.3. The van der Waals surface area contributed by atoms with Gasteiger partial charge in [-0.2, -0.15) is 0 Å². The van der Waals surface area contributed by atoms with Gasteiger partial charge in [0, 0.05) is 11.1 Å². The number of nitrogens with one attached hydrogen (secondary N) is 2. The summed E-state index contributed by atoms with van der Waals surface area (Å²) in [4.78, 5) is 38.2. The van der Waals surface area contributed by atoms with Gasteiger partial charge in [0.25, 0.3) is 5.91 Å². The van der Waals surface area contributed by atoms with E-state index in [9.17, 15) is 19.5 Å². The Kier molecular flexibility index (Phi) is 10.5. The van der Waals surface area contributed by atoms with E-state index in [2.05, 4.69) is 10.6 Å². The lowest BCUT2D eigenvalue weighted by atomic mass is 9.82. The van der Waals surface area contributed by atoms with Crippen LogP contribution in [0, 0.1) is 11.3 Å². The number of ketones is 1. The summed E-state index contributed by atoms with van der Waals surface area (Å²) in [6.07, 6.45) is 0.209. The number of rotatable bonds is 11. The zero-order valence-corrected chi connectivity index (χ0v) is 25.6. The van der Waals surface area contributed by atoms with Crippen LogP contribution in [-0.4, -0.2) is 35.9 Å². The lowest BCUT2D eigenvalue weighted by molar-refractivity contribution is -0.138. The van der Waals surface area contributed by atoms with Crippen molar-refractivity contribution in [3.63, 3.8) is 0 Å². The lowest BCUT2D eigenvalue weighted by Crippen LogP contribution is -2.41. The van der Waals surface area contributed by atoms with Gasteiger partial charge in [0.2, 0.25) is 0 Å². The number of methoxy groups -OCH3 is 1. The minimum atomic E-state index is -0.988. The zero-order chi connectivity index (χ0) is 30.5. The summed E-state index contributed by atoms with van der Waals surface area (Å²) in [5, 5.41) is 16.7. The minimum Gasteiger partial charge on any atom is -0.495 e. The molecule has 0 radical (unpaired) electrons. The van der Waals surface area contributed by atoms with E-state index in [0.29, 0.717) is 22.7 Å². The van der Waals surface area contributed by atoms with Crippen LogP contribution in [0.3, 0.4) is 0 Å². The molecule has 3 rings (SSSR count). The third-order valence-corrected chi connectivity index (χ3v) is 7.39. The summed E-state index contributed by atoms with van der Waals surface area (Å²) in [7, 11) is 1.53. The average molecular weight is 600 g/mol. The van der Waals surface area contributed by atoms with Crippen LogP contribution in [-0.2, 0) is 16.0 Å². The highest BCUT2D eigenvalue weighted by Crippen LogP contribution is 2.33. The number of carboxylic acid groups (broad SMARTS) is 1. The predicted molar refractivity (Wildman–Crippen MR) is 165 cm³/mol. The number of carbonyl (C=O) groups excluding carboxylic acids is 2. The molecule has 3 aromatic rings. The molecule has 1 amide bonds. The Hall–Kier alpha value is -3.55. The van der Waals surface area contributed by atoms with Crippen LogP contribution >= 0.6 is 23.2 Å². The molecule has 3 N–H and O–H groups in total. The van der Waals surface area contributed by atoms with Crippen LogP contribution in [0.2, 0.25) is 10.0 Å². The maximum absolute atomic E-state index is 13.1. The molecule has 0 saturated carbocycles. The van der Waals surface area contributed by atoms with Crippen molar-refractivity contribution in [1.82, 2.24) is 0 Å². The maximum Gasteiger partial charge on any atom is 0.311 e. The number of hydrogen-bond donors (Lipinski definition) is 3. The van der Waals surface area contributed by atoms with E-state index in [0.717, 1.165) is 5.56 Å². The minimum absolute atomic E-state index is 0.00157. The fourth-order valence-electron chi connectivity index (χ4n) is 4.44. The molecule has 7 nitrogen and oxygen atoms in total. The third kappa shape index (κ3) is 8.02. The Morgan fingerprint density at radius 2 is 1.56 bits per heavy atom. The predicted octanol–water partition coefficient (Wildman–Crippen LogP) is 7.72. The first-order chi connectivity index (χ1) is 19.2. The zero-order valence-electron chi connectivity index (χ0n) is 24.0. The van der Waals surface area contributed by atoms with E-state index in [-0.39, 0.29) is 33.7 Å². The highest BCUT2D eigenvalue weighted by Gasteiger charge is 2.32. The SMILES string of the molecule is COc1ccc([C@@H](Cc2ccc(NC(=O)c3c(Cl)cccc3Cl)cc2)C(=O)O)cc1NC(C(=O)C(C)(C)C)C(C)C. The van der Waals surface area contributed by atoms with E-state index in [1.807, 2.05) is 34.6 Å². The Balaban J connectivity index is 1.83. The fraction of sp³-hybridized carbons (Fsp3) is 0.344. The number of carboxylic acids is 1. The number of aliphatic carboxylic acids is 1. The van der Waals surface area contributed by atoms with Crippen LogP contribution in [0.4, 0.5) is 11.4 Å². The molecular formula is C32H36Cl2N2O5. The van der Waals surface area contributed by atoms with E-state index < -0.39 is 29.3 Å². The molecule has 0 spiro atoms. The molecule has 41 heavy (non-hydrogen) atoms. The van der Waals surface area contributed by atoms with E-state index in [1.165, 1.54) is 7.11 Å². The normalized spacial score (nSPS) is 12.9. The van der Waals surface area contributed by atoms with Gasteiger partial charge >= 0.3 is 5.97 Å². The van der Waals surface area contributed by atoms with Gasteiger partial charge in [0.05, 0.1) is 40.4 Å². The van der Waals surface area contributed by atoms with Crippen LogP contribution in [0.15, 0.2) is 60.7 Å². The Morgan fingerprint density at radius 1 is 0.951 bits per heavy atom. The van der Waals surface area contributed by atoms with Gasteiger partial charge in [-0.25, -0.2) is 0 Å². The van der Waals surface area contributed by atoms with Gasteiger partial charge < -0.3 is 20.5 Å². The molecule has 9 heteroatoms. The number of anilines is 2.